The van der Waals surface area contributed by atoms with Gasteiger partial charge in [0.1, 0.15) is 17.5 Å². The van der Waals surface area contributed by atoms with Crippen LogP contribution in [-0.4, -0.2) is 81.3 Å². The first-order valence-corrected chi connectivity index (χ1v) is 12.6. The molecular formula is C26H33N7O4. The largest absolute Gasteiger partial charge is 0.473 e. The number of pyridine rings is 2. The second-order valence-electron chi connectivity index (χ2n) is 10.6. The van der Waals surface area contributed by atoms with Gasteiger partial charge in [0, 0.05) is 56.8 Å². The number of aromatic amines is 1. The maximum Gasteiger partial charge on any atom is 0.410 e. The zero-order chi connectivity index (χ0) is 26.2. The van der Waals surface area contributed by atoms with Gasteiger partial charge in [-0.15, -0.1) is 0 Å². The van der Waals surface area contributed by atoms with Crippen LogP contribution in [0.5, 0.6) is 5.88 Å². The van der Waals surface area contributed by atoms with Crippen LogP contribution >= 0.6 is 0 Å². The third-order valence-corrected chi connectivity index (χ3v) is 6.64. The van der Waals surface area contributed by atoms with Gasteiger partial charge in [0.25, 0.3) is 0 Å². The maximum atomic E-state index is 12.3. The van der Waals surface area contributed by atoms with Gasteiger partial charge in [0.05, 0.1) is 17.5 Å². The smallest absolute Gasteiger partial charge is 0.410 e. The van der Waals surface area contributed by atoms with Crippen molar-refractivity contribution in [2.75, 3.05) is 37.6 Å². The summed E-state index contributed by atoms with van der Waals surface area (Å²) in [5.41, 5.74) is 2.53. The minimum Gasteiger partial charge on any atom is -0.473 e. The molecule has 11 nitrogen and oxygen atoms in total. The minimum absolute atomic E-state index is 0.0458. The number of rotatable bonds is 5. The van der Waals surface area contributed by atoms with E-state index in [2.05, 4.69) is 25.2 Å². The predicted molar refractivity (Wildman–Crippen MR) is 138 cm³/mol. The monoisotopic (exact) mass is 507 g/mol. The number of carbonyl (C=O) groups excluding carboxylic acids is 2. The van der Waals surface area contributed by atoms with Crippen molar-refractivity contribution >= 4 is 28.9 Å². The first-order valence-electron chi connectivity index (χ1n) is 12.6. The summed E-state index contributed by atoms with van der Waals surface area (Å²) in [5, 5.41) is 2.86. The Morgan fingerprint density at radius 3 is 2.59 bits per heavy atom. The second-order valence-corrected chi connectivity index (χ2v) is 10.6. The number of aromatic nitrogens is 4. The number of amides is 2. The van der Waals surface area contributed by atoms with Crippen LogP contribution in [0.2, 0.25) is 0 Å². The Balaban J connectivity index is 1.28. The van der Waals surface area contributed by atoms with Crippen molar-refractivity contribution in [2.45, 2.75) is 45.8 Å². The van der Waals surface area contributed by atoms with Crippen LogP contribution in [-0.2, 0) is 9.53 Å². The fourth-order valence-corrected chi connectivity index (χ4v) is 4.55. The summed E-state index contributed by atoms with van der Waals surface area (Å²) in [6.45, 7) is 10.7. The lowest BCUT2D eigenvalue weighted by molar-refractivity contribution is -0.119. The summed E-state index contributed by atoms with van der Waals surface area (Å²) in [4.78, 5) is 44.8. The number of nitrogens with zero attached hydrogens (tertiary/aromatic N) is 5. The first-order chi connectivity index (χ1) is 17.7. The van der Waals surface area contributed by atoms with E-state index in [1.165, 1.54) is 0 Å². The number of anilines is 1. The summed E-state index contributed by atoms with van der Waals surface area (Å²) < 4.78 is 11.7. The molecule has 3 aromatic heterocycles. The molecule has 0 unspecified atom stereocenters. The van der Waals surface area contributed by atoms with Gasteiger partial charge in [-0.3, -0.25) is 4.79 Å². The van der Waals surface area contributed by atoms with Crippen LogP contribution in [0.15, 0.2) is 30.7 Å². The fourth-order valence-electron chi connectivity index (χ4n) is 4.55. The molecule has 2 atom stereocenters. The number of carbonyl (C=O) groups is 2. The topological polar surface area (TPSA) is 126 Å². The highest BCUT2D eigenvalue weighted by Crippen LogP contribution is 2.30. The Bertz CT molecular complexity index is 1280. The van der Waals surface area contributed by atoms with Crippen LogP contribution in [0.4, 0.5) is 10.6 Å². The molecule has 0 radical (unpaired) electrons. The standard InChI is InChI=1S/C26H33N7O4/c1-16(18-11-22(34)28-14-18)36-24-23-20(29-15-30-23)12-19(31-24)17-5-6-21(27-13-17)32-7-9-33(10-8-32)25(35)37-26(2,3)4/h5-6,12-13,15-16,18H,7-11,14H2,1-4H3,(H,28,34)(H,29,30)/t16-,18-/m1/s1. The van der Waals surface area contributed by atoms with Crippen molar-refractivity contribution in [3.63, 3.8) is 0 Å². The molecule has 0 aromatic carbocycles. The van der Waals surface area contributed by atoms with Gasteiger partial charge in [0.15, 0.2) is 5.52 Å². The zero-order valence-corrected chi connectivity index (χ0v) is 21.7. The Morgan fingerprint density at radius 1 is 1.16 bits per heavy atom. The molecule has 37 heavy (non-hydrogen) atoms. The average molecular weight is 508 g/mol. The molecule has 11 heteroatoms. The molecule has 0 saturated carbocycles. The highest BCUT2D eigenvalue weighted by molar-refractivity contribution is 5.84. The van der Waals surface area contributed by atoms with Gasteiger partial charge < -0.3 is 29.6 Å². The highest BCUT2D eigenvalue weighted by Gasteiger charge is 2.29. The summed E-state index contributed by atoms with van der Waals surface area (Å²) in [6, 6.07) is 5.88. The Kier molecular flexibility index (Phi) is 6.61. The van der Waals surface area contributed by atoms with Crippen molar-refractivity contribution in [3.8, 4) is 17.1 Å². The molecule has 0 aliphatic carbocycles. The third kappa shape index (κ3) is 5.60. The van der Waals surface area contributed by atoms with E-state index in [1.807, 2.05) is 45.9 Å². The van der Waals surface area contributed by atoms with Gasteiger partial charge >= 0.3 is 6.09 Å². The molecule has 2 fully saturated rings. The molecule has 2 saturated heterocycles. The van der Waals surface area contributed by atoms with Crippen molar-refractivity contribution in [1.29, 1.82) is 0 Å². The van der Waals surface area contributed by atoms with Gasteiger partial charge in [-0.2, -0.15) is 0 Å². The van der Waals surface area contributed by atoms with Gasteiger partial charge in [0.2, 0.25) is 11.8 Å². The van der Waals surface area contributed by atoms with Crippen LogP contribution in [0.3, 0.4) is 0 Å². The van der Waals surface area contributed by atoms with E-state index < -0.39 is 5.60 Å². The molecule has 196 valence electrons. The molecule has 2 amide bonds. The second kappa shape index (κ2) is 9.87. The fraction of sp³-hybridized carbons (Fsp3) is 0.500. The number of hydrogen-bond acceptors (Lipinski definition) is 8. The van der Waals surface area contributed by atoms with Crippen molar-refractivity contribution in [3.05, 3.63) is 30.7 Å². The number of H-pyrrole nitrogens is 1. The Labute approximate surface area is 215 Å². The molecule has 5 heterocycles. The molecule has 0 spiro atoms. The lowest BCUT2D eigenvalue weighted by Crippen LogP contribution is -2.50. The molecule has 2 N–H and O–H groups in total. The van der Waals surface area contributed by atoms with E-state index in [0.717, 1.165) is 16.9 Å². The Morgan fingerprint density at radius 2 is 1.95 bits per heavy atom. The summed E-state index contributed by atoms with van der Waals surface area (Å²) in [6.07, 6.45) is 3.39. The quantitative estimate of drug-likeness (QED) is 0.540. The minimum atomic E-state index is -0.505. The molecule has 2 aliphatic rings. The molecule has 2 aliphatic heterocycles. The molecule has 3 aromatic rings. The molecule has 0 bridgehead atoms. The zero-order valence-electron chi connectivity index (χ0n) is 21.7. The van der Waals surface area contributed by atoms with Crippen molar-refractivity contribution in [2.24, 2.45) is 5.92 Å². The van der Waals surface area contributed by atoms with Crippen LogP contribution in [0.25, 0.3) is 22.3 Å². The third-order valence-electron chi connectivity index (χ3n) is 6.64. The number of hydrogen-bond donors (Lipinski definition) is 2. The highest BCUT2D eigenvalue weighted by atomic mass is 16.6. The first kappa shape index (κ1) is 24.8. The van der Waals surface area contributed by atoms with E-state index in [0.29, 0.717) is 56.2 Å². The van der Waals surface area contributed by atoms with E-state index in [-0.39, 0.29) is 24.0 Å². The lowest BCUT2D eigenvalue weighted by Gasteiger charge is -2.36. The van der Waals surface area contributed by atoms with E-state index in [9.17, 15) is 9.59 Å². The van der Waals surface area contributed by atoms with Crippen LogP contribution in [0, 0.1) is 5.92 Å². The number of nitrogens with one attached hydrogen (secondary N) is 2. The number of imidazole rings is 1. The van der Waals surface area contributed by atoms with E-state index in [4.69, 9.17) is 14.5 Å². The number of piperazine rings is 1. The van der Waals surface area contributed by atoms with Crippen molar-refractivity contribution in [1.82, 2.24) is 30.2 Å². The Hall–Kier alpha value is -3.89. The predicted octanol–water partition coefficient (Wildman–Crippen LogP) is 2.98. The van der Waals surface area contributed by atoms with Crippen LogP contribution < -0.4 is 15.0 Å². The van der Waals surface area contributed by atoms with Gasteiger partial charge in [-0.25, -0.2) is 19.7 Å². The summed E-state index contributed by atoms with van der Waals surface area (Å²) >= 11 is 0. The number of fused-ring (bicyclic) bond motifs is 1. The lowest BCUT2D eigenvalue weighted by atomic mass is 10.0. The van der Waals surface area contributed by atoms with Crippen LogP contribution in [0.1, 0.15) is 34.1 Å². The van der Waals surface area contributed by atoms with E-state index in [1.54, 1.807) is 17.4 Å². The average Bonchev–Trinajstić information content (AvgIpc) is 3.52. The summed E-state index contributed by atoms with van der Waals surface area (Å²) in [7, 11) is 0. The molecule has 5 rings (SSSR count). The van der Waals surface area contributed by atoms with E-state index >= 15 is 0 Å². The maximum absolute atomic E-state index is 12.3. The SMILES string of the molecule is C[C@@H](Oc1nc(-c2ccc(N3CCN(C(=O)OC(C)(C)C)CC3)nc2)cc2[nH]cnc12)[C@H]1CNC(=O)C1. The normalized spacial score (nSPS) is 19.1. The molecular weight excluding hydrogens is 474 g/mol. The number of ether oxygens (including phenoxy) is 2. The van der Waals surface area contributed by atoms with Gasteiger partial charge in [-0.1, -0.05) is 0 Å². The van der Waals surface area contributed by atoms with Crippen molar-refractivity contribution < 1.29 is 19.1 Å². The summed E-state index contributed by atoms with van der Waals surface area (Å²) in [5.74, 6) is 1.41. The van der Waals surface area contributed by atoms with Gasteiger partial charge in [-0.05, 0) is 45.9 Å².